The molecule has 0 spiro atoms. The van der Waals surface area contributed by atoms with E-state index in [4.69, 9.17) is 5.73 Å². The van der Waals surface area contributed by atoms with E-state index in [9.17, 15) is 5.11 Å². The molecule has 0 aliphatic rings. The topological polar surface area (TPSA) is 46.2 Å². The van der Waals surface area contributed by atoms with Crippen LogP contribution in [0.4, 0.5) is 5.69 Å². The average Bonchev–Trinajstić information content (AvgIpc) is 2.16. The number of nitrogen functional groups attached to an aromatic ring is 1. The Morgan fingerprint density at radius 1 is 1.47 bits per heavy atom. The summed E-state index contributed by atoms with van der Waals surface area (Å²) in [5.41, 5.74) is 7.24. The van der Waals surface area contributed by atoms with Crippen molar-refractivity contribution < 1.29 is 5.11 Å². The van der Waals surface area contributed by atoms with Gasteiger partial charge in [-0.2, -0.15) is 0 Å². The van der Waals surface area contributed by atoms with Crippen LogP contribution >= 0.6 is 11.8 Å². The molecule has 0 aliphatic carbocycles. The van der Waals surface area contributed by atoms with E-state index in [1.165, 1.54) is 5.56 Å². The quantitative estimate of drug-likeness (QED) is 0.612. The highest BCUT2D eigenvalue weighted by molar-refractivity contribution is 7.99. The van der Waals surface area contributed by atoms with Crippen LogP contribution in [0.3, 0.4) is 0 Å². The third-order valence-electron chi connectivity index (χ3n) is 2.47. The summed E-state index contributed by atoms with van der Waals surface area (Å²) >= 11 is 1.61. The van der Waals surface area contributed by atoms with E-state index in [1.54, 1.807) is 11.8 Å². The van der Waals surface area contributed by atoms with Crippen molar-refractivity contribution in [2.24, 2.45) is 0 Å². The molecule has 0 aliphatic heterocycles. The van der Waals surface area contributed by atoms with Gasteiger partial charge >= 0.3 is 0 Å². The molecule has 84 valence electrons. The molecule has 0 bridgehead atoms. The van der Waals surface area contributed by atoms with Crippen LogP contribution in [0.15, 0.2) is 23.1 Å². The van der Waals surface area contributed by atoms with Crippen LogP contribution in [-0.2, 0) is 0 Å². The molecule has 0 radical (unpaired) electrons. The maximum Gasteiger partial charge on any atom is 0.0710 e. The highest BCUT2D eigenvalue weighted by atomic mass is 32.2. The minimum absolute atomic E-state index is 0.609. The third-order valence-corrected chi connectivity index (χ3v) is 3.91. The summed E-state index contributed by atoms with van der Waals surface area (Å²) in [6.45, 7) is 5.86. The van der Waals surface area contributed by atoms with E-state index < -0.39 is 5.60 Å². The Balaban J connectivity index is 2.66. The summed E-state index contributed by atoms with van der Waals surface area (Å²) in [7, 11) is 0. The van der Waals surface area contributed by atoms with Crippen LogP contribution in [0.25, 0.3) is 0 Å². The maximum absolute atomic E-state index is 9.87. The zero-order chi connectivity index (χ0) is 11.5. The van der Waals surface area contributed by atoms with Crippen molar-refractivity contribution in [3.05, 3.63) is 23.8 Å². The predicted molar refractivity (Wildman–Crippen MR) is 67.2 cm³/mol. The minimum Gasteiger partial charge on any atom is -0.398 e. The normalized spacial score (nSPS) is 14.9. The first-order valence-electron chi connectivity index (χ1n) is 5.16. The number of aryl methyl sites for hydroxylation is 1. The largest absolute Gasteiger partial charge is 0.398 e. The minimum atomic E-state index is -0.609. The molecule has 0 fully saturated rings. The van der Waals surface area contributed by atoms with Crippen molar-refractivity contribution in [1.82, 2.24) is 0 Å². The van der Waals surface area contributed by atoms with Crippen molar-refractivity contribution in [3.8, 4) is 0 Å². The lowest BCUT2D eigenvalue weighted by Crippen LogP contribution is -2.25. The molecular weight excluding hydrogens is 206 g/mol. The highest BCUT2D eigenvalue weighted by Crippen LogP contribution is 2.29. The van der Waals surface area contributed by atoms with Crippen molar-refractivity contribution >= 4 is 17.4 Å². The molecule has 3 N–H and O–H groups in total. The molecule has 1 unspecified atom stereocenters. The molecule has 0 aromatic heterocycles. The van der Waals surface area contributed by atoms with E-state index >= 15 is 0 Å². The van der Waals surface area contributed by atoms with Crippen molar-refractivity contribution in [1.29, 1.82) is 0 Å². The molecule has 15 heavy (non-hydrogen) atoms. The molecule has 0 saturated heterocycles. The zero-order valence-corrected chi connectivity index (χ0v) is 10.4. The lowest BCUT2D eigenvalue weighted by atomic mass is 10.1. The molecule has 1 aromatic rings. The second-order valence-electron chi connectivity index (χ2n) is 4.18. The predicted octanol–water partition coefficient (Wildman–Crippen LogP) is 2.83. The van der Waals surface area contributed by atoms with E-state index in [2.05, 4.69) is 0 Å². The van der Waals surface area contributed by atoms with Gasteiger partial charge in [-0.25, -0.2) is 0 Å². The van der Waals surface area contributed by atoms with Gasteiger partial charge in [-0.15, -0.1) is 11.8 Å². The van der Waals surface area contributed by atoms with Gasteiger partial charge in [0.25, 0.3) is 0 Å². The first-order valence-corrected chi connectivity index (χ1v) is 6.14. The Labute approximate surface area is 95.9 Å². The fraction of sp³-hybridized carbons (Fsp3) is 0.500. The number of rotatable bonds is 4. The molecule has 0 saturated carbocycles. The summed E-state index contributed by atoms with van der Waals surface area (Å²) in [4.78, 5) is 1.05. The van der Waals surface area contributed by atoms with Crippen molar-refractivity contribution in [2.75, 3.05) is 11.5 Å². The van der Waals surface area contributed by atoms with E-state index in [0.29, 0.717) is 5.75 Å². The number of hydrogen-bond donors (Lipinski definition) is 2. The Kier molecular flexibility index (Phi) is 4.05. The summed E-state index contributed by atoms with van der Waals surface area (Å²) in [6.07, 6.45) is 0.756. The second kappa shape index (κ2) is 4.90. The van der Waals surface area contributed by atoms with Crippen LogP contribution < -0.4 is 5.73 Å². The Morgan fingerprint density at radius 3 is 2.67 bits per heavy atom. The van der Waals surface area contributed by atoms with Gasteiger partial charge in [-0.3, -0.25) is 0 Å². The highest BCUT2D eigenvalue weighted by Gasteiger charge is 2.18. The van der Waals surface area contributed by atoms with Crippen molar-refractivity contribution in [3.63, 3.8) is 0 Å². The van der Waals surface area contributed by atoms with Crippen LogP contribution in [-0.4, -0.2) is 16.5 Å². The number of hydrogen-bond acceptors (Lipinski definition) is 3. The number of aliphatic hydroxyl groups is 1. The Hall–Kier alpha value is -0.670. The molecular formula is C12H19NOS. The summed E-state index contributed by atoms with van der Waals surface area (Å²) in [6, 6.07) is 6.02. The SMILES string of the molecule is CCC(C)(O)CSc1ccc(C)cc1N. The van der Waals surface area contributed by atoms with Gasteiger partial charge in [0.2, 0.25) is 0 Å². The molecule has 3 heteroatoms. The Morgan fingerprint density at radius 2 is 2.13 bits per heavy atom. The van der Waals surface area contributed by atoms with Crippen LogP contribution in [0.1, 0.15) is 25.8 Å². The van der Waals surface area contributed by atoms with E-state index in [0.717, 1.165) is 17.0 Å². The lowest BCUT2D eigenvalue weighted by molar-refractivity contribution is 0.0816. The van der Waals surface area contributed by atoms with Gasteiger partial charge in [0.1, 0.15) is 0 Å². The summed E-state index contributed by atoms with van der Waals surface area (Å²) < 4.78 is 0. The lowest BCUT2D eigenvalue weighted by Gasteiger charge is -2.20. The third kappa shape index (κ3) is 3.76. The molecule has 1 atom stereocenters. The maximum atomic E-state index is 9.87. The van der Waals surface area contributed by atoms with Gasteiger partial charge in [0.15, 0.2) is 0 Å². The first-order chi connectivity index (χ1) is 6.94. The molecule has 0 amide bonds. The fourth-order valence-corrected chi connectivity index (χ4v) is 2.20. The average molecular weight is 225 g/mol. The van der Waals surface area contributed by atoms with Crippen LogP contribution in [0, 0.1) is 6.92 Å². The van der Waals surface area contributed by atoms with Gasteiger partial charge in [0.05, 0.1) is 5.60 Å². The van der Waals surface area contributed by atoms with Crippen LogP contribution in [0.5, 0.6) is 0 Å². The van der Waals surface area contributed by atoms with E-state index in [1.807, 2.05) is 39.0 Å². The zero-order valence-electron chi connectivity index (χ0n) is 9.58. The number of nitrogens with two attached hydrogens (primary N) is 1. The van der Waals surface area contributed by atoms with Gasteiger partial charge in [-0.1, -0.05) is 13.0 Å². The molecule has 1 aromatic carbocycles. The number of thioether (sulfide) groups is 1. The number of benzene rings is 1. The Bertz CT molecular complexity index is 336. The van der Waals surface area contributed by atoms with Gasteiger partial charge in [-0.05, 0) is 38.0 Å². The van der Waals surface area contributed by atoms with Gasteiger partial charge in [0, 0.05) is 16.3 Å². The smallest absolute Gasteiger partial charge is 0.0710 e. The van der Waals surface area contributed by atoms with Gasteiger partial charge < -0.3 is 10.8 Å². The van der Waals surface area contributed by atoms with Crippen LogP contribution in [0.2, 0.25) is 0 Å². The summed E-state index contributed by atoms with van der Waals surface area (Å²) in [5.74, 6) is 0.677. The second-order valence-corrected chi connectivity index (χ2v) is 5.20. The van der Waals surface area contributed by atoms with E-state index in [-0.39, 0.29) is 0 Å². The molecule has 2 nitrogen and oxygen atoms in total. The molecule has 1 rings (SSSR count). The molecule has 0 heterocycles. The monoisotopic (exact) mass is 225 g/mol. The summed E-state index contributed by atoms with van der Waals surface area (Å²) in [5, 5.41) is 9.87. The van der Waals surface area contributed by atoms with Crippen molar-refractivity contribution in [2.45, 2.75) is 37.7 Å². The first kappa shape index (κ1) is 12.4. The number of anilines is 1. The fourth-order valence-electron chi connectivity index (χ4n) is 1.13. The standard InChI is InChI=1S/C12H19NOS/c1-4-12(3,14)8-15-11-6-5-9(2)7-10(11)13/h5-7,14H,4,8,13H2,1-3H3.